The van der Waals surface area contributed by atoms with Gasteiger partial charge in [-0.2, -0.15) is 0 Å². The molecule has 2 nitrogen and oxygen atoms in total. The molecule has 0 aromatic heterocycles. The predicted molar refractivity (Wildman–Crippen MR) is 92.0 cm³/mol. The van der Waals surface area contributed by atoms with Crippen LogP contribution in [-0.2, 0) is 9.47 Å². The Bertz CT molecular complexity index is 504. The minimum Gasteiger partial charge on any atom is -0.374 e. The van der Waals surface area contributed by atoms with Crippen molar-refractivity contribution in [1.29, 1.82) is 0 Å². The van der Waals surface area contributed by atoms with Crippen LogP contribution in [0.25, 0.3) is 11.1 Å². The second-order valence-corrected chi connectivity index (χ2v) is 5.44. The van der Waals surface area contributed by atoms with Gasteiger partial charge in [0.15, 0.2) is 0 Å². The number of benzene rings is 2. The number of ether oxygens (including phenoxy) is 2. The molecule has 0 fully saturated rings. The average Bonchev–Trinajstić information content (AvgIpc) is 2.55. The van der Waals surface area contributed by atoms with Crippen molar-refractivity contribution in [3.05, 3.63) is 59.7 Å². The molecule has 0 saturated heterocycles. The molecule has 0 radical (unpaired) electrons. The average molecular weight is 298 g/mol. The van der Waals surface area contributed by atoms with E-state index in [0.29, 0.717) is 0 Å². The van der Waals surface area contributed by atoms with Crippen LogP contribution in [0.5, 0.6) is 0 Å². The first-order chi connectivity index (χ1) is 10.7. The van der Waals surface area contributed by atoms with E-state index in [1.54, 1.807) is 0 Å². The topological polar surface area (TPSA) is 18.5 Å². The van der Waals surface area contributed by atoms with Crippen molar-refractivity contribution in [2.75, 3.05) is 13.2 Å². The number of rotatable bonds is 7. The third-order valence-corrected chi connectivity index (χ3v) is 3.93. The summed E-state index contributed by atoms with van der Waals surface area (Å²) in [6, 6.07) is 17.2. The maximum atomic E-state index is 5.62. The van der Waals surface area contributed by atoms with Crippen LogP contribution < -0.4 is 0 Å². The van der Waals surface area contributed by atoms with Gasteiger partial charge in [0, 0.05) is 13.2 Å². The van der Waals surface area contributed by atoms with Gasteiger partial charge in [-0.15, -0.1) is 0 Å². The molecule has 2 unspecified atom stereocenters. The highest BCUT2D eigenvalue weighted by Gasteiger charge is 2.07. The first-order valence-corrected chi connectivity index (χ1v) is 8.09. The lowest BCUT2D eigenvalue weighted by Crippen LogP contribution is -1.99. The van der Waals surface area contributed by atoms with E-state index in [4.69, 9.17) is 9.47 Å². The van der Waals surface area contributed by atoms with Gasteiger partial charge in [0.1, 0.15) is 0 Å². The third-order valence-electron chi connectivity index (χ3n) is 3.93. The van der Waals surface area contributed by atoms with Gasteiger partial charge in [-0.1, -0.05) is 48.5 Å². The molecule has 2 aromatic carbocycles. The summed E-state index contributed by atoms with van der Waals surface area (Å²) in [5.74, 6) is 0. The zero-order valence-electron chi connectivity index (χ0n) is 14.0. The van der Waals surface area contributed by atoms with Gasteiger partial charge in [-0.3, -0.25) is 0 Å². The van der Waals surface area contributed by atoms with Crippen LogP contribution in [0.1, 0.15) is 51.0 Å². The molecule has 2 atom stereocenters. The normalized spacial score (nSPS) is 13.8. The Morgan fingerprint density at radius 3 is 1.23 bits per heavy atom. The molecule has 2 heteroatoms. The number of hydrogen-bond donors (Lipinski definition) is 0. The quantitative estimate of drug-likeness (QED) is 0.667. The third kappa shape index (κ3) is 4.19. The first-order valence-electron chi connectivity index (χ1n) is 8.09. The van der Waals surface area contributed by atoms with E-state index in [9.17, 15) is 0 Å². The molecular weight excluding hydrogens is 272 g/mol. The van der Waals surface area contributed by atoms with Crippen molar-refractivity contribution in [3.8, 4) is 11.1 Å². The van der Waals surface area contributed by atoms with E-state index in [1.807, 2.05) is 13.8 Å². The second kappa shape index (κ2) is 8.11. The molecule has 0 saturated carbocycles. The summed E-state index contributed by atoms with van der Waals surface area (Å²) in [4.78, 5) is 0. The van der Waals surface area contributed by atoms with E-state index >= 15 is 0 Å². The fraction of sp³-hybridized carbons (Fsp3) is 0.400. The summed E-state index contributed by atoms with van der Waals surface area (Å²) in [7, 11) is 0. The van der Waals surface area contributed by atoms with Crippen LogP contribution in [-0.4, -0.2) is 13.2 Å². The zero-order chi connectivity index (χ0) is 15.9. The van der Waals surface area contributed by atoms with Crippen molar-refractivity contribution in [2.45, 2.75) is 39.9 Å². The van der Waals surface area contributed by atoms with Crippen LogP contribution in [0, 0.1) is 0 Å². The summed E-state index contributed by atoms with van der Waals surface area (Å²) in [6.07, 6.45) is 0.293. The molecule has 118 valence electrons. The van der Waals surface area contributed by atoms with Gasteiger partial charge in [-0.05, 0) is 49.9 Å². The Labute approximate surface area is 134 Å². The van der Waals surface area contributed by atoms with Gasteiger partial charge in [0.2, 0.25) is 0 Å². The Morgan fingerprint density at radius 1 is 0.636 bits per heavy atom. The summed E-state index contributed by atoms with van der Waals surface area (Å²) in [6.45, 7) is 9.70. The molecule has 0 spiro atoms. The SMILES string of the molecule is CCOC(C)c1ccc(-c2ccc(C(C)OCC)cc2)cc1. The summed E-state index contributed by atoms with van der Waals surface area (Å²) < 4.78 is 11.2. The maximum Gasteiger partial charge on any atom is 0.0796 e. The van der Waals surface area contributed by atoms with Gasteiger partial charge in [0.05, 0.1) is 12.2 Å². The molecular formula is C20H26O2. The second-order valence-electron chi connectivity index (χ2n) is 5.44. The summed E-state index contributed by atoms with van der Waals surface area (Å²) >= 11 is 0. The molecule has 0 aliphatic rings. The largest absolute Gasteiger partial charge is 0.374 e. The Hall–Kier alpha value is -1.64. The monoisotopic (exact) mass is 298 g/mol. The van der Waals surface area contributed by atoms with Crippen LogP contribution in [0.2, 0.25) is 0 Å². The standard InChI is InChI=1S/C20H26O2/c1-5-21-15(3)17-7-11-19(12-8-17)20-13-9-18(10-14-20)16(4)22-6-2/h7-16H,5-6H2,1-4H3. The van der Waals surface area contributed by atoms with Crippen LogP contribution in [0.3, 0.4) is 0 Å². The van der Waals surface area contributed by atoms with Gasteiger partial charge in [-0.25, -0.2) is 0 Å². The molecule has 22 heavy (non-hydrogen) atoms. The van der Waals surface area contributed by atoms with Gasteiger partial charge < -0.3 is 9.47 Å². The number of hydrogen-bond acceptors (Lipinski definition) is 2. The Morgan fingerprint density at radius 2 is 0.955 bits per heavy atom. The van der Waals surface area contributed by atoms with Gasteiger partial charge in [0.25, 0.3) is 0 Å². The summed E-state index contributed by atoms with van der Waals surface area (Å²) in [5, 5.41) is 0. The highest BCUT2D eigenvalue weighted by Crippen LogP contribution is 2.25. The lowest BCUT2D eigenvalue weighted by Gasteiger charge is -2.14. The lowest BCUT2D eigenvalue weighted by molar-refractivity contribution is 0.0762. The predicted octanol–water partition coefficient (Wildman–Crippen LogP) is 5.55. The van der Waals surface area contributed by atoms with E-state index in [0.717, 1.165) is 13.2 Å². The van der Waals surface area contributed by atoms with Crippen LogP contribution in [0.15, 0.2) is 48.5 Å². The molecule has 2 aromatic rings. The minimum atomic E-state index is 0.147. The molecule has 0 aliphatic heterocycles. The fourth-order valence-corrected chi connectivity index (χ4v) is 2.59. The van der Waals surface area contributed by atoms with Crippen molar-refractivity contribution >= 4 is 0 Å². The minimum absolute atomic E-state index is 0.147. The summed E-state index contributed by atoms with van der Waals surface area (Å²) in [5.41, 5.74) is 4.88. The van der Waals surface area contributed by atoms with Crippen LogP contribution in [0.4, 0.5) is 0 Å². The van der Waals surface area contributed by atoms with Crippen LogP contribution >= 0.6 is 0 Å². The van der Waals surface area contributed by atoms with Crippen molar-refractivity contribution in [3.63, 3.8) is 0 Å². The van der Waals surface area contributed by atoms with Gasteiger partial charge >= 0.3 is 0 Å². The van der Waals surface area contributed by atoms with E-state index in [2.05, 4.69) is 62.4 Å². The molecule has 0 heterocycles. The van der Waals surface area contributed by atoms with Crippen molar-refractivity contribution < 1.29 is 9.47 Å². The molecule has 0 aliphatic carbocycles. The fourth-order valence-electron chi connectivity index (χ4n) is 2.59. The zero-order valence-corrected chi connectivity index (χ0v) is 14.0. The Kier molecular flexibility index (Phi) is 6.17. The van der Waals surface area contributed by atoms with E-state index in [-0.39, 0.29) is 12.2 Å². The highest BCUT2D eigenvalue weighted by atomic mass is 16.5. The maximum absolute atomic E-state index is 5.62. The molecule has 2 rings (SSSR count). The van der Waals surface area contributed by atoms with E-state index < -0.39 is 0 Å². The molecule has 0 N–H and O–H groups in total. The molecule has 0 amide bonds. The highest BCUT2D eigenvalue weighted by molar-refractivity contribution is 5.64. The Balaban J connectivity index is 2.11. The lowest BCUT2D eigenvalue weighted by atomic mass is 10.00. The van der Waals surface area contributed by atoms with Crippen molar-refractivity contribution in [2.24, 2.45) is 0 Å². The van der Waals surface area contributed by atoms with E-state index in [1.165, 1.54) is 22.3 Å². The molecule has 0 bridgehead atoms. The van der Waals surface area contributed by atoms with Crippen molar-refractivity contribution in [1.82, 2.24) is 0 Å². The first kappa shape index (κ1) is 16.7. The smallest absolute Gasteiger partial charge is 0.0796 e.